The fraction of sp³-hybridized carbons (Fsp3) is 0.438. The molecule has 1 N–H and O–H groups in total. The Morgan fingerprint density at radius 3 is 3.04 bits per heavy atom. The molecular weight excluding hydrogens is 340 g/mol. The molecule has 0 saturated carbocycles. The van der Waals surface area contributed by atoms with Crippen molar-refractivity contribution in [1.82, 2.24) is 25.1 Å². The first-order valence-corrected chi connectivity index (χ1v) is 9.07. The molecule has 4 rings (SSSR count). The number of anilines is 1. The molecule has 25 heavy (non-hydrogen) atoms. The van der Waals surface area contributed by atoms with Gasteiger partial charge in [0.05, 0.1) is 10.6 Å². The molecule has 1 aromatic heterocycles. The van der Waals surface area contributed by atoms with Crippen molar-refractivity contribution >= 4 is 29.3 Å². The molecule has 2 aliphatic rings. The minimum Gasteiger partial charge on any atom is -0.324 e. The van der Waals surface area contributed by atoms with E-state index in [1.54, 1.807) is 21.3 Å². The van der Waals surface area contributed by atoms with Gasteiger partial charge in [-0.15, -0.1) is 16.9 Å². The third kappa shape index (κ3) is 2.68. The number of carbonyl (C=O) groups excluding carboxylic acids is 2. The Bertz CT molecular complexity index is 839. The third-order valence-corrected chi connectivity index (χ3v) is 6.33. The molecule has 130 valence electrons. The van der Waals surface area contributed by atoms with Crippen molar-refractivity contribution in [2.75, 3.05) is 11.1 Å². The first-order chi connectivity index (χ1) is 12.0. The Kier molecular flexibility index (Phi) is 3.75. The molecule has 2 aromatic rings. The monoisotopic (exact) mass is 358 g/mol. The molecule has 9 heteroatoms. The van der Waals surface area contributed by atoms with Crippen LogP contribution < -0.4 is 5.32 Å². The number of carbonyl (C=O) groups is 2. The normalized spacial score (nSPS) is 25.3. The van der Waals surface area contributed by atoms with Gasteiger partial charge < -0.3 is 10.2 Å². The topological polar surface area (TPSA) is 93.0 Å². The summed E-state index contributed by atoms with van der Waals surface area (Å²) in [6.07, 6.45) is 2.82. The predicted molar refractivity (Wildman–Crippen MR) is 93.3 cm³/mol. The number of thioether (sulfide) groups is 1. The van der Waals surface area contributed by atoms with Crippen molar-refractivity contribution in [3.05, 3.63) is 30.1 Å². The fourth-order valence-electron chi connectivity index (χ4n) is 3.45. The third-order valence-electron chi connectivity index (χ3n) is 4.82. The Morgan fingerprint density at radius 1 is 1.44 bits per heavy atom. The van der Waals surface area contributed by atoms with Gasteiger partial charge >= 0.3 is 0 Å². The Labute approximate surface area is 149 Å². The summed E-state index contributed by atoms with van der Waals surface area (Å²) in [5.74, 6) is 0.531. The highest BCUT2D eigenvalue weighted by atomic mass is 32.2. The lowest BCUT2D eigenvalue weighted by Gasteiger charge is -2.29. The summed E-state index contributed by atoms with van der Waals surface area (Å²) < 4.78 is 1.55. The van der Waals surface area contributed by atoms with Gasteiger partial charge in [-0.3, -0.25) is 9.59 Å². The number of aromatic nitrogens is 4. The average Bonchev–Trinajstić information content (AvgIpc) is 3.28. The Balaban J connectivity index is 1.56. The molecular formula is C16H18N6O2S. The quantitative estimate of drug-likeness (QED) is 0.891. The van der Waals surface area contributed by atoms with Crippen molar-refractivity contribution in [2.24, 2.45) is 0 Å². The molecule has 3 heterocycles. The molecule has 0 spiro atoms. The van der Waals surface area contributed by atoms with E-state index in [0.29, 0.717) is 17.9 Å². The molecule has 0 radical (unpaired) electrons. The highest BCUT2D eigenvalue weighted by Crippen LogP contribution is 2.47. The van der Waals surface area contributed by atoms with E-state index in [1.807, 2.05) is 32.0 Å². The van der Waals surface area contributed by atoms with Crippen LogP contribution >= 0.6 is 11.8 Å². The van der Waals surface area contributed by atoms with Crippen molar-refractivity contribution < 1.29 is 9.59 Å². The number of benzene rings is 1. The van der Waals surface area contributed by atoms with Gasteiger partial charge in [-0.1, -0.05) is 6.07 Å². The van der Waals surface area contributed by atoms with Gasteiger partial charge in [0.1, 0.15) is 12.4 Å². The molecule has 0 bridgehead atoms. The van der Waals surface area contributed by atoms with Crippen LogP contribution in [0.1, 0.15) is 25.3 Å². The van der Waals surface area contributed by atoms with Gasteiger partial charge in [-0.25, -0.2) is 4.68 Å². The van der Waals surface area contributed by atoms with Crippen LogP contribution in [-0.2, 0) is 9.59 Å². The summed E-state index contributed by atoms with van der Waals surface area (Å²) in [5, 5.41) is 14.1. The highest BCUT2D eigenvalue weighted by Gasteiger charge is 2.52. The van der Waals surface area contributed by atoms with Crippen LogP contribution in [0, 0.1) is 6.92 Å². The van der Waals surface area contributed by atoms with E-state index < -0.39 is 6.04 Å². The zero-order valence-corrected chi connectivity index (χ0v) is 14.8. The van der Waals surface area contributed by atoms with E-state index in [1.165, 1.54) is 6.33 Å². The molecule has 2 saturated heterocycles. The summed E-state index contributed by atoms with van der Waals surface area (Å²) in [6, 6.07) is 5.15. The molecule has 2 aliphatic heterocycles. The summed E-state index contributed by atoms with van der Waals surface area (Å²) in [5.41, 5.74) is 2.45. The van der Waals surface area contributed by atoms with E-state index in [-0.39, 0.29) is 16.7 Å². The van der Waals surface area contributed by atoms with Crippen LogP contribution in [-0.4, -0.2) is 53.6 Å². The molecule has 2 amide bonds. The van der Waals surface area contributed by atoms with E-state index in [2.05, 4.69) is 20.8 Å². The number of tetrazole rings is 1. The van der Waals surface area contributed by atoms with Crippen LogP contribution in [0.15, 0.2) is 24.5 Å². The molecule has 2 fully saturated rings. The van der Waals surface area contributed by atoms with Gasteiger partial charge in [-0.05, 0) is 48.4 Å². The van der Waals surface area contributed by atoms with E-state index >= 15 is 0 Å². The van der Waals surface area contributed by atoms with Crippen LogP contribution in [0.5, 0.6) is 0 Å². The predicted octanol–water partition coefficient (Wildman–Crippen LogP) is 1.36. The number of fused-ring (bicyclic) bond motifs is 1. The first kappa shape index (κ1) is 16.1. The lowest BCUT2D eigenvalue weighted by Crippen LogP contribution is -2.48. The minimum atomic E-state index is -0.428. The zero-order chi connectivity index (χ0) is 17.6. The molecule has 0 unspecified atom stereocenters. The van der Waals surface area contributed by atoms with E-state index in [9.17, 15) is 9.59 Å². The highest BCUT2D eigenvalue weighted by molar-refractivity contribution is 8.01. The number of rotatable bonds is 3. The van der Waals surface area contributed by atoms with Gasteiger partial charge in [-0.2, -0.15) is 0 Å². The van der Waals surface area contributed by atoms with Crippen LogP contribution in [0.2, 0.25) is 0 Å². The van der Waals surface area contributed by atoms with Crippen LogP contribution in [0.3, 0.4) is 0 Å². The minimum absolute atomic E-state index is 0.0611. The van der Waals surface area contributed by atoms with Gasteiger partial charge in [0, 0.05) is 17.9 Å². The largest absolute Gasteiger partial charge is 0.324 e. The lowest BCUT2D eigenvalue weighted by molar-refractivity contribution is -0.135. The second-order valence-corrected chi connectivity index (χ2v) is 8.01. The number of amides is 2. The maximum Gasteiger partial charge on any atom is 0.248 e. The SMILES string of the molecule is Cc1ccc(NC(=O)[C@H]2CS[C@]3(C)CCC(=O)N23)cc1-n1cnnn1. The fourth-order valence-corrected chi connectivity index (χ4v) is 4.88. The average molecular weight is 358 g/mol. The van der Waals surface area contributed by atoms with Crippen molar-refractivity contribution in [3.63, 3.8) is 0 Å². The van der Waals surface area contributed by atoms with Crippen molar-refractivity contribution in [2.45, 2.75) is 37.6 Å². The number of hydrogen-bond acceptors (Lipinski definition) is 6. The summed E-state index contributed by atoms with van der Waals surface area (Å²) in [4.78, 5) is 26.5. The van der Waals surface area contributed by atoms with Gasteiger partial charge in [0.2, 0.25) is 11.8 Å². The standard InChI is InChI=1S/C16H18N6O2S/c1-10-3-4-11(7-12(10)21-9-17-19-20-21)18-15(24)13-8-25-16(2)6-5-14(23)22(13)16/h3-4,7,9,13H,5-6,8H2,1-2H3,(H,18,24)/t13-,16-/m1/s1. The molecule has 2 atom stereocenters. The van der Waals surface area contributed by atoms with E-state index in [0.717, 1.165) is 17.7 Å². The number of nitrogens with one attached hydrogen (secondary N) is 1. The number of hydrogen-bond donors (Lipinski definition) is 1. The second-order valence-electron chi connectivity index (χ2n) is 6.51. The van der Waals surface area contributed by atoms with Gasteiger partial charge in [0.25, 0.3) is 0 Å². The first-order valence-electron chi connectivity index (χ1n) is 8.09. The summed E-state index contributed by atoms with van der Waals surface area (Å²) in [6.45, 7) is 3.99. The zero-order valence-electron chi connectivity index (χ0n) is 14.0. The molecule has 1 aromatic carbocycles. The van der Waals surface area contributed by atoms with Crippen LogP contribution in [0.25, 0.3) is 5.69 Å². The maximum absolute atomic E-state index is 12.8. The van der Waals surface area contributed by atoms with Gasteiger partial charge in [0.15, 0.2) is 0 Å². The molecule has 0 aliphatic carbocycles. The number of aryl methyl sites for hydroxylation is 1. The van der Waals surface area contributed by atoms with Crippen molar-refractivity contribution in [3.8, 4) is 5.69 Å². The molecule has 8 nitrogen and oxygen atoms in total. The maximum atomic E-state index is 12.8. The summed E-state index contributed by atoms with van der Waals surface area (Å²) >= 11 is 1.68. The second kappa shape index (κ2) is 5.83. The smallest absolute Gasteiger partial charge is 0.248 e. The van der Waals surface area contributed by atoms with E-state index in [4.69, 9.17) is 0 Å². The van der Waals surface area contributed by atoms with Crippen molar-refractivity contribution in [1.29, 1.82) is 0 Å². The summed E-state index contributed by atoms with van der Waals surface area (Å²) in [7, 11) is 0. The number of nitrogens with zero attached hydrogens (tertiary/aromatic N) is 5. The Hall–Kier alpha value is -2.42. The van der Waals surface area contributed by atoms with Crippen LogP contribution in [0.4, 0.5) is 5.69 Å². The lowest BCUT2D eigenvalue weighted by atomic mass is 10.1. The Morgan fingerprint density at radius 2 is 2.28 bits per heavy atom.